The van der Waals surface area contributed by atoms with Crippen molar-refractivity contribution in [2.45, 2.75) is 32.4 Å². The predicted molar refractivity (Wildman–Crippen MR) is 68.8 cm³/mol. The summed E-state index contributed by atoms with van der Waals surface area (Å²) in [6.45, 7) is -0.981. The van der Waals surface area contributed by atoms with Gasteiger partial charge in [0, 0.05) is 12.5 Å². The van der Waals surface area contributed by atoms with E-state index < -0.39 is 6.61 Å². The van der Waals surface area contributed by atoms with E-state index in [9.17, 15) is 8.78 Å². The van der Waals surface area contributed by atoms with Gasteiger partial charge in [0.25, 0.3) is 0 Å². The lowest BCUT2D eigenvalue weighted by molar-refractivity contribution is -0.0493. The third kappa shape index (κ3) is 4.99. The van der Waals surface area contributed by atoms with E-state index in [1.54, 1.807) is 18.2 Å². The first-order valence-corrected chi connectivity index (χ1v) is 5.83. The SMILES string of the molecule is CCC(CC(N)=NO)Nc1ccccc1OC(F)F. The third-order valence-electron chi connectivity index (χ3n) is 2.54. The van der Waals surface area contributed by atoms with Crippen LogP contribution in [0.25, 0.3) is 0 Å². The topological polar surface area (TPSA) is 79.9 Å². The Morgan fingerprint density at radius 2 is 2.16 bits per heavy atom. The van der Waals surface area contributed by atoms with Crippen LogP contribution in [-0.4, -0.2) is 23.7 Å². The minimum absolute atomic E-state index is 0.0652. The fourth-order valence-corrected chi connectivity index (χ4v) is 1.60. The maximum absolute atomic E-state index is 12.3. The van der Waals surface area contributed by atoms with E-state index in [0.717, 1.165) is 0 Å². The average molecular weight is 273 g/mol. The number of hydrogen-bond donors (Lipinski definition) is 3. The number of rotatable bonds is 7. The Kier molecular flexibility index (Phi) is 5.84. The van der Waals surface area contributed by atoms with Gasteiger partial charge in [-0.25, -0.2) is 0 Å². The number of anilines is 1. The third-order valence-corrected chi connectivity index (χ3v) is 2.54. The van der Waals surface area contributed by atoms with Crippen LogP contribution in [0.1, 0.15) is 19.8 Å². The Labute approximate surface area is 110 Å². The lowest BCUT2D eigenvalue weighted by Gasteiger charge is -2.19. The van der Waals surface area contributed by atoms with E-state index in [4.69, 9.17) is 10.9 Å². The molecule has 7 heteroatoms. The van der Waals surface area contributed by atoms with Crippen molar-refractivity contribution in [2.75, 3.05) is 5.32 Å². The highest BCUT2D eigenvalue weighted by atomic mass is 19.3. The van der Waals surface area contributed by atoms with Crippen LogP contribution in [0.2, 0.25) is 0 Å². The summed E-state index contributed by atoms with van der Waals surface area (Å²) in [5.74, 6) is 0.141. The Balaban J connectivity index is 2.79. The number of para-hydroxylation sites is 2. The minimum atomic E-state index is -2.88. The number of amidine groups is 1. The van der Waals surface area contributed by atoms with Gasteiger partial charge in [-0.3, -0.25) is 0 Å². The van der Waals surface area contributed by atoms with Crippen molar-refractivity contribution in [3.8, 4) is 5.75 Å². The molecular formula is C12H17F2N3O2. The maximum atomic E-state index is 12.3. The molecule has 0 bridgehead atoms. The van der Waals surface area contributed by atoms with E-state index in [1.807, 2.05) is 6.92 Å². The molecule has 0 amide bonds. The van der Waals surface area contributed by atoms with Gasteiger partial charge in [-0.1, -0.05) is 24.2 Å². The van der Waals surface area contributed by atoms with Crippen molar-refractivity contribution in [1.29, 1.82) is 0 Å². The largest absolute Gasteiger partial charge is 0.433 e. The van der Waals surface area contributed by atoms with Gasteiger partial charge in [-0.2, -0.15) is 8.78 Å². The highest BCUT2D eigenvalue weighted by Crippen LogP contribution is 2.26. The highest BCUT2D eigenvalue weighted by Gasteiger charge is 2.13. The maximum Gasteiger partial charge on any atom is 0.387 e. The van der Waals surface area contributed by atoms with E-state index in [0.29, 0.717) is 18.5 Å². The minimum Gasteiger partial charge on any atom is -0.433 e. The zero-order valence-corrected chi connectivity index (χ0v) is 10.5. The Morgan fingerprint density at radius 3 is 2.74 bits per heavy atom. The molecule has 1 unspecified atom stereocenters. The van der Waals surface area contributed by atoms with Crippen LogP contribution in [0.3, 0.4) is 0 Å². The van der Waals surface area contributed by atoms with Gasteiger partial charge in [0.2, 0.25) is 0 Å². The molecule has 0 heterocycles. The van der Waals surface area contributed by atoms with Crippen LogP contribution in [0.4, 0.5) is 14.5 Å². The molecule has 0 aliphatic carbocycles. The van der Waals surface area contributed by atoms with Crippen molar-refractivity contribution in [2.24, 2.45) is 10.9 Å². The van der Waals surface area contributed by atoms with Gasteiger partial charge in [0.05, 0.1) is 5.69 Å². The standard InChI is InChI=1S/C12H17F2N3O2/c1-2-8(7-11(15)17-18)16-9-5-3-4-6-10(9)19-12(13)14/h3-6,8,12,16,18H,2,7H2,1H3,(H2,15,17). The number of benzene rings is 1. The van der Waals surface area contributed by atoms with Gasteiger partial charge in [-0.05, 0) is 18.6 Å². The van der Waals surface area contributed by atoms with E-state index in [2.05, 4.69) is 15.2 Å². The number of halogens is 2. The Bertz CT molecular complexity index is 427. The zero-order chi connectivity index (χ0) is 14.3. The van der Waals surface area contributed by atoms with Crippen LogP contribution < -0.4 is 15.8 Å². The first-order chi connectivity index (χ1) is 9.06. The molecule has 0 aliphatic heterocycles. The summed E-state index contributed by atoms with van der Waals surface area (Å²) in [6.07, 6.45) is 0.981. The molecule has 1 rings (SSSR count). The van der Waals surface area contributed by atoms with Crippen LogP contribution in [0.15, 0.2) is 29.4 Å². The van der Waals surface area contributed by atoms with Gasteiger partial charge >= 0.3 is 6.61 Å². The number of ether oxygens (including phenoxy) is 1. The lowest BCUT2D eigenvalue weighted by Crippen LogP contribution is -2.26. The summed E-state index contributed by atoms with van der Waals surface area (Å²) < 4.78 is 28.9. The molecule has 1 aromatic rings. The molecule has 1 aromatic carbocycles. The summed E-state index contributed by atoms with van der Waals surface area (Å²) in [6, 6.07) is 6.25. The monoisotopic (exact) mass is 273 g/mol. The molecule has 0 radical (unpaired) electrons. The summed E-state index contributed by atoms with van der Waals surface area (Å²) >= 11 is 0. The summed E-state index contributed by atoms with van der Waals surface area (Å²) in [7, 11) is 0. The second kappa shape index (κ2) is 7.40. The number of hydrogen-bond acceptors (Lipinski definition) is 4. The lowest BCUT2D eigenvalue weighted by atomic mass is 10.1. The number of nitrogens with two attached hydrogens (primary N) is 1. The smallest absolute Gasteiger partial charge is 0.387 e. The predicted octanol–water partition coefficient (Wildman–Crippen LogP) is 2.62. The first kappa shape index (κ1) is 15.0. The van der Waals surface area contributed by atoms with Gasteiger partial charge < -0.3 is 21.0 Å². The van der Waals surface area contributed by atoms with E-state index >= 15 is 0 Å². The molecule has 0 fully saturated rings. The van der Waals surface area contributed by atoms with Crippen molar-refractivity contribution in [3.63, 3.8) is 0 Å². The fraction of sp³-hybridized carbons (Fsp3) is 0.417. The Hall–Kier alpha value is -2.05. The molecule has 0 spiro atoms. The molecule has 106 valence electrons. The average Bonchev–Trinajstić information content (AvgIpc) is 2.39. The molecule has 5 nitrogen and oxygen atoms in total. The van der Waals surface area contributed by atoms with Crippen LogP contribution in [0.5, 0.6) is 5.75 Å². The van der Waals surface area contributed by atoms with Crippen LogP contribution in [0, 0.1) is 0 Å². The number of nitrogens with one attached hydrogen (secondary N) is 1. The van der Waals surface area contributed by atoms with Crippen LogP contribution >= 0.6 is 0 Å². The van der Waals surface area contributed by atoms with Gasteiger partial charge in [0.1, 0.15) is 11.6 Å². The fourth-order valence-electron chi connectivity index (χ4n) is 1.60. The van der Waals surface area contributed by atoms with E-state index in [-0.39, 0.29) is 17.6 Å². The molecule has 1 atom stereocenters. The van der Waals surface area contributed by atoms with Crippen LogP contribution in [-0.2, 0) is 0 Å². The molecule has 0 aliphatic rings. The summed E-state index contributed by atoms with van der Waals surface area (Å²) in [5.41, 5.74) is 5.88. The van der Waals surface area contributed by atoms with E-state index in [1.165, 1.54) is 6.07 Å². The molecule has 19 heavy (non-hydrogen) atoms. The molecule has 0 aromatic heterocycles. The second-order valence-corrected chi connectivity index (χ2v) is 3.92. The van der Waals surface area contributed by atoms with Gasteiger partial charge in [-0.15, -0.1) is 0 Å². The van der Waals surface area contributed by atoms with Crippen molar-refractivity contribution < 1.29 is 18.7 Å². The highest BCUT2D eigenvalue weighted by molar-refractivity contribution is 5.80. The number of oxime groups is 1. The molecule has 0 saturated carbocycles. The number of nitrogens with zero attached hydrogens (tertiary/aromatic N) is 1. The quantitative estimate of drug-likeness (QED) is 0.309. The zero-order valence-electron chi connectivity index (χ0n) is 10.5. The normalized spacial score (nSPS) is 13.4. The molecule has 0 saturated heterocycles. The van der Waals surface area contributed by atoms with Crippen molar-refractivity contribution in [1.82, 2.24) is 0 Å². The summed E-state index contributed by atoms with van der Waals surface area (Å²) in [5, 5.41) is 14.5. The van der Waals surface area contributed by atoms with Crippen molar-refractivity contribution >= 4 is 11.5 Å². The number of alkyl halides is 2. The summed E-state index contributed by atoms with van der Waals surface area (Å²) in [4.78, 5) is 0. The van der Waals surface area contributed by atoms with Gasteiger partial charge in [0.15, 0.2) is 0 Å². The second-order valence-electron chi connectivity index (χ2n) is 3.92. The Morgan fingerprint density at radius 1 is 1.47 bits per heavy atom. The van der Waals surface area contributed by atoms with Crippen molar-refractivity contribution in [3.05, 3.63) is 24.3 Å². The molecule has 4 N–H and O–H groups in total. The molecular weight excluding hydrogens is 256 g/mol. The first-order valence-electron chi connectivity index (χ1n) is 5.83.